The smallest absolute Gasteiger partial charge is 0.246 e. The highest BCUT2D eigenvalue weighted by Crippen LogP contribution is 2.36. The second kappa shape index (κ2) is 25.8. The van der Waals surface area contributed by atoms with E-state index in [2.05, 4.69) is 56.6 Å². The summed E-state index contributed by atoms with van der Waals surface area (Å²) < 4.78 is 19.8. The number of aryl methyl sites for hydroxylation is 2. The predicted molar refractivity (Wildman–Crippen MR) is 311 cm³/mol. The fourth-order valence-corrected chi connectivity index (χ4v) is 10.5. The monoisotopic (exact) mass is 1070 g/mol. The zero-order valence-electron chi connectivity index (χ0n) is 46.4. The number of fused-ring (bicyclic) bond motifs is 2. The fraction of sp³-hybridized carbons (Fsp3) is 0.419. The Labute approximate surface area is 464 Å². The highest BCUT2D eigenvalue weighted by molar-refractivity contribution is 5.94. The molecule has 2 amide bonds. The zero-order chi connectivity index (χ0) is 54.7. The Morgan fingerprint density at radius 2 is 1.14 bits per heavy atom. The molecule has 79 heavy (non-hydrogen) atoms. The van der Waals surface area contributed by atoms with Crippen LogP contribution in [0, 0.1) is 13.8 Å². The molecule has 0 spiro atoms. The average Bonchev–Trinajstić information content (AvgIpc) is 4.45. The molecule has 6 heterocycles. The molecule has 11 rings (SSSR count). The van der Waals surface area contributed by atoms with Gasteiger partial charge >= 0.3 is 0 Å². The van der Waals surface area contributed by atoms with E-state index in [0.717, 1.165) is 104 Å². The molecule has 17 heteroatoms. The van der Waals surface area contributed by atoms with E-state index in [4.69, 9.17) is 24.3 Å². The van der Waals surface area contributed by atoms with Gasteiger partial charge in [-0.15, -0.1) is 0 Å². The quantitative estimate of drug-likeness (QED) is 0.0582. The summed E-state index contributed by atoms with van der Waals surface area (Å²) in [5.74, 6) is 5.26. The minimum atomic E-state index is 0.0713. The number of aromatic nitrogens is 6. The van der Waals surface area contributed by atoms with Crippen molar-refractivity contribution in [3.05, 3.63) is 138 Å². The van der Waals surface area contributed by atoms with E-state index in [1.807, 2.05) is 118 Å². The standard InChI is InChI=1S/C35H42N6O3.C27H34N6O2/c1-25-9-15-30(16-10-25)44-31-19-20-36-35-33(31)34(38-41(35)24-26-11-17-29(43-3)18-12-26)37-23-28-7-4-5-22-40(28)32(42)8-6-21-39(2)27-13-14-27;1-19-8-12-22(13-9-19)35-23-14-15-28-26-25(23)27(31-30-26)29-18-21-6-3-4-17-33(21)24(34)7-5-16-32(2)20-10-11-20/h6,8-12,15-20,27-28H,4-5,7,13-14,21-24H2,1-3H3,(H,37,38);5,7-9,12-15,20-21H,3-4,6,10-11,16-18H2,1-2H3,(H2,28,29,30,31)/b8-6+;7-5+/t28-;21-/m00/s1. The summed E-state index contributed by atoms with van der Waals surface area (Å²) in [6.07, 6.45) is 22.3. The number of carbonyl (C=O) groups is 2. The van der Waals surface area contributed by atoms with Crippen molar-refractivity contribution < 1.29 is 23.8 Å². The van der Waals surface area contributed by atoms with Gasteiger partial charge < -0.3 is 34.6 Å². The Hall–Kier alpha value is -7.76. The van der Waals surface area contributed by atoms with Gasteiger partial charge in [-0.05, 0) is 134 Å². The topological polar surface area (TPSA) is 171 Å². The Morgan fingerprint density at radius 1 is 0.633 bits per heavy atom. The molecule has 0 unspecified atom stereocenters. The van der Waals surface area contributed by atoms with Gasteiger partial charge in [-0.25, -0.2) is 14.6 Å². The molecule has 2 atom stereocenters. The highest BCUT2D eigenvalue weighted by Gasteiger charge is 2.30. The molecule has 4 fully saturated rings. The van der Waals surface area contributed by atoms with E-state index >= 15 is 0 Å². The first-order chi connectivity index (χ1) is 38.6. The number of hydrogen-bond acceptors (Lipinski definition) is 13. The number of ether oxygens (including phenoxy) is 3. The summed E-state index contributed by atoms with van der Waals surface area (Å²) in [5.41, 5.74) is 4.82. The lowest BCUT2D eigenvalue weighted by molar-refractivity contribution is -0.130. The molecule has 2 aliphatic carbocycles. The Kier molecular flexibility index (Phi) is 17.8. The molecular formula is C62H76N12O5. The van der Waals surface area contributed by atoms with Gasteiger partial charge in [-0.1, -0.05) is 59.7 Å². The maximum absolute atomic E-state index is 13.3. The first kappa shape index (κ1) is 54.6. The molecule has 2 saturated carbocycles. The normalized spacial score (nSPS) is 17.7. The second-order valence-corrected chi connectivity index (χ2v) is 21.6. The Balaban J connectivity index is 0.000000183. The van der Waals surface area contributed by atoms with Crippen molar-refractivity contribution in [3.8, 4) is 28.7 Å². The number of pyridine rings is 2. The minimum absolute atomic E-state index is 0.0713. The molecule has 4 aromatic heterocycles. The van der Waals surface area contributed by atoms with E-state index in [-0.39, 0.29) is 23.9 Å². The summed E-state index contributed by atoms with van der Waals surface area (Å²) in [6.45, 7) is 9.05. The number of hydrogen-bond donors (Lipinski definition) is 3. The Morgan fingerprint density at radius 3 is 1.67 bits per heavy atom. The molecule has 17 nitrogen and oxygen atoms in total. The van der Waals surface area contributed by atoms with Gasteiger partial charge in [-0.3, -0.25) is 24.5 Å². The molecule has 4 aliphatic rings. The number of H-pyrrole nitrogens is 1. The SMILES string of the molecule is COc1ccc(Cn2nc(NC[C@@H]3CCCCN3C(=O)/C=C/CN(C)C3CC3)c3c(Oc4ccc(C)cc4)ccnc32)cc1.Cc1ccc(Oc2ccnc3[nH]nc(NC[C@@H]4CCCCN4C(=O)/C=C/CN(C)C4CC4)c23)cc1. The number of amides is 2. The van der Waals surface area contributed by atoms with Crippen LogP contribution in [0.3, 0.4) is 0 Å². The van der Waals surface area contributed by atoms with Crippen LogP contribution in [0.1, 0.15) is 80.9 Å². The van der Waals surface area contributed by atoms with E-state index in [9.17, 15) is 9.59 Å². The number of aromatic amines is 1. The summed E-state index contributed by atoms with van der Waals surface area (Å²) in [4.78, 5) is 44.0. The van der Waals surface area contributed by atoms with E-state index in [1.54, 1.807) is 31.7 Å². The van der Waals surface area contributed by atoms with Gasteiger partial charge in [0.15, 0.2) is 22.9 Å². The summed E-state index contributed by atoms with van der Waals surface area (Å²) in [5, 5.41) is 21.1. The number of nitrogens with zero attached hydrogens (tertiary/aromatic N) is 9. The molecule has 7 aromatic rings. The van der Waals surface area contributed by atoms with Gasteiger partial charge in [0.1, 0.15) is 39.5 Å². The van der Waals surface area contributed by atoms with Gasteiger partial charge in [-0.2, -0.15) is 10.2 Å². The van der Waals surface area contributed by atoms with Crippen LogP contribution in [0.2, 0.25) is 0 Å². The third-order valence-corrected chi connectivity index (χ3v) is 15.5. The van der Waals surface area contributed by atoms with Crippen molar-refractivity contribution in [2.24, 2.45) is 0 Å². The third kappa shape index (κ3) is 14.3. The van der Waals surface area contributed by atoms with Crippen molar-refractivity contribution >= 4 is 45.5 Å². The van der Waals surface area contributed by atoms with Gasteiger partial charge in [0.25, 0.3) is 0 Å². The van der Waals surface area contributed by atoms with E-state index in [1.165, 1.54) is 36.8 Å². The maximum atomic E-state index is 13.3. The van der Waals surface area contributed by atoms with Crippen LogP contribution >= 0.6 is 0 Å². The first-order valence-electron chi connectivity index (χ1n) is 28.2. The molecule has 0 radical (unpaired) electrons. The second-order valence-electron chi connectivity index (χ2n) is 21.6. The number of rotatable bonds is 21. The van der Waals surface area contributed by atoms with Crippen LogP contribution < -0.4 is 24.8 Å². The van der Waals surface area contributed by atoms with Crippen molar-refractivity contribution in [1.82, 2.24) is 49.5 Å². The van der Waals surface area contributed by atoms with Crippen LogP contribution in [0.5, 0.6) is 28.7 Å². The molecular weight excluding hydrogens is 993 g/mol. The minimum Gasteiger partial charge on any atom is -0.497 e. The summed E-state index contributed by atoms with van der Waals surface area (Å²) >= 11 is 0. The van der Waals surface area contributed by atoms with E-state index < -0.39 is 0 Å². The van der Waals surface area contributed by atoms with Crippen molar-refractivity contribution in [2.75, 3.05) is 71.1 Å². The molecule has 3 aromatic carbocycles. The number of likely N-dealkylation sites (tertiary alicyclic amines) is 2. The van der Waals surface area contributed by atoms with Crippen LogP contribution in [0.15, 0.2) is 122 Å². The number of benzene rings is 3. The van der Waals surface area contributed by atoms with Gasteiger partial charge in [0.05, 0.1) is 13.7 Å². The molecule has 2 aliphatic heterocycles. The lowest BCUT2D eigenvalue weighted by Gasteiger charge is -2.35. The predicted octanol–water partition coefficient (Wildman–Crippen LogP) is 10.5. The van der Waals surface area contributed by atoms with Crippen LogP contribution in [-0.2, 0) is 16.1 Å². The highest BCUT2D eigenvalue weighted by atomic mass is 16.5. The maximum Gasteiger partial charge on any atom is 0.246 e. The number of likely N-dealkylation sites (N-methyl/N-ethyl adjacent to an activating group) is 2. The number of nitrogens with one attached hydrogen (secondary N) is 3. The lowest BCUT2D eigenvalue weighted by atomic mass is 10.0. The van der Waals surface area contributed by atoms with Crippen molar-refractivity contribution in [1.29, 1.82) is 0 Å². The third-order valence-electron chi connectivity index (χ3n) is 15.5. The molecule has 414 valence electrons. The summed E-state index contributed by atoms with van der Waals surface area (Å²) in [7, 11) is 5.92. The first-order valence-corrected chi connectivity index (χ1v) is 28.2. The number of methoxy groups -OCH3 is 1. The van der Waals surface area contributed by atoms with Crippen LogP contribution in [-0.4, -0.2) is 146 Å². The fourth-order valence-electron chi connectivity index (χ4n) is 10.5. The molecule has 2 saturated heterocycles. The Bertz CT molecular complexity index is 3200. The van der Waals surface area contributed by atoms with Gasteiger partial charge in [0, 0.05) is 100 Å². The van der Waals surface area contributed by atoms with Crippen LogP contribution in [0.4, 0.5) is 11.6 Å². The largest absolute Gasteiger partial charge is 0.497 e. The number of carbonyl (C=O) groups excluding carboxylic acids is 2. The molecule has 3 N–H and O–H groups in total. The molecule has 0 bridgehead atoms. The number of anilines is 2. The zero-order valence-corrected chi connectivity index (χ0v) is 46.4. The van der Waals surface area contributed by atoms with Crippen LogP contribution in [0.25, 0.3) is 22.1 Å². The van der Waals surface area contributed by atoms with Gasteiger partial charge in [0.2, 0.25) is 11.8 Å². The lowest BCUT2D eigenvalue weighted by Crippen LogP contribution is -2.46. The summed E-state index contributed by atoms with van der Waals surface area (Å²) in [6, 6.07) is 29.2. The number of piperidine rings is 2. The average molecular weight is 1070 g/mol. The van der Waals surface area contributed by atoms with Crippen molar-refractivity contribution in [2.45, 2.75) is 109 Å². The van der Waals surface area contributed by atoms with E-state index in [0.29, 0.717) is 60.5 Å². The van der Waals surface area contributed by atoms with Crippen molar-refractivity contribution in [3.63, 3.8) is 0 Å².